The van der Waals surface area contributed by atoms with Crippen LogP contribution in [0.3, 0.4) is 0 Å². The van der Waals surface area contributed by atoms with E-state index in [4.69, 9.17) is 0 Å². The van der Waals surface area contributed by atoms with E-state index in [-0.39, 0.29) is 29.0 Å². The summed E-state index contributed by atoms with van der Waals surface area (Å²) < 4.78 is 1.51. The third kappa shape index (κ3) is 11.1. The summed E-state index contributed by atoms with van der Waals surface area (Å²) in [5, 5.41) is 22.3. The molecule has 0 radical (unpaired) electrons. The Hall–Kier alpha value is -4.88. The second-order valence-corrected chi connectivity index (χ2v) is 20.4. The molecule has 9 aromatic carbocycles. The molecule has 3 heteroatoms. The Kier molecular flexibility index (Phi) is 15.1. The molecule has 0 aliphatic carbocycles. The van der Waals surface area contributed by atoms with Gasteiger partial charge in [0.15, 0.2) is 0 Å². The van der Waals surface area contributed by atoms with E-state index < -0.39 is 0 Å². The number of rotatable bonds is 2. The first-order valence-electron chi connectivity index (χ1n) is 20.6. The molecule has 0 atom stereocenters. The molecule has 0 saturated carbocycles. The molecule has 304 valence electrons. The SMILES string of the molecule is CC(C)(C)c1ccc([O-])c(C(C)(C)C)c1.C[C](C)=[Zr+2].Cc1cc2c(-c3cccc4ccccc34)cccc2[cH-]1.Cc1cc2c(-c3cccc4ccccc34)cccc2[cH-]1.[Cl-]. The molecule has 0 heterocycles. The Morgan fingerprint density at radius 2 is 0.833 bits per heavy atom. The normalized spacial score (nSPS) is 11.2. The van der Waals surface area contributed by atoms with Crippen molar-refractivity contribution in [3.63, 3.8) is 0 Å². The van der Waals surface area contributed by atoms with Crippen LogP contribution in [-0.2, 0) is 35.1 Å². The fraction of sp³-hybridized carbons (Fsp3) is 0.211. The molecule has 9 aromatic rings. The van der Waals surface area contributed by atoms with Crippen molar-refractivity contribution in [1.29, 1.82) is 0 Å². The summed E-state index contributed by atoms with van der Waals surface area (Å²) in [6.45, 7) is 21.3. The molecule has 0 amide bonds. The van der Waals surface area contributed by atoms with Crippen LogP contribution in [0.4, 0.5) is 0 Å². The van der Waals surface area contributed by atoms with Gasteiger partial charge in [0.05, 0.1) is 0 Å². The van der Waals surface area contributed by atoms with Gasteiger partial charge in [-0.3, -0.25) is 0 Å². The molecule has 0 aliphatic rings. The van der Waals surface area contributed by atoms with Crippen molar-refractivity contribution in [2.24, 2.45) is 0 Å². The predicted molar refractivity (Wildman–Crippen MR) is 254 cm³/mol. The van der Waals surface area contributed by atoms with E-state index in [1.54, 1.807) is 30.3 Å². The molecule has 0 unspecified atom stereocenters. The molecule has 1 nitrogen and oxygen atoms in total. The van der Waals surface area contributed by atoms with Crippen LogP contribution in [-0.4, -0.2) is 3.21 Å². The van der Waals surface area contributed by atoms with Crippen molar-refractivity contribution in [2.45, 2.75) is 80.1 Å². The van der Waals surface area contributed by atoms with Crippen LogP contribution >= 0.6 is 0 Å². The van der Waals surface area contributed by atoms with Crippen LogP contribution in [0.1, 0.15) is 77.6 Å². The Morgan fingerprint density at radius 1 is 0.467 bits per heavy atom. The Labute approximate surface area is 379 Å². The summed E-state index contributed by atoms with van der Waals surface area (Å²) >= 11 is 1.55. The van der Waals surface area contributed by atoms with Crippen LogP contribution in [0.5, 0.6) is 5.75 Å². The van der Waals surface area contributed by atoms with Crippen LogP contribution in [0.25, 0.3) is 65.3 Å². The number of benzene rings is 7. The van der Waals surface area contributed by atoms with Gasteiger partial charge in [0.1, 0.15) is 0 Å². The van der Waals surface area contributed by atoms with Crippen LogP contribution in [0.2, 0.25) is 0 Å². The number of hydrogen-bond acceptors (Lipinski definition) is 1. The Morgan fingerprint density at radius 3 is 1.23 bits per heavy atom. The van der Waals surface area contributed by atoms with E-state index in [1.807, 2.05) is 6.07 Å². The van der Waals surface area contributed by atoms with Crippen molar-refractivity contribution in [3.8, 4) is 28.0 Å². The summed E-state index contributed by atoms with van der Waals surface area (Å²) in [7, 11) is 0. The molecule has 0 spiro atoms. The third-order valence-corrected chi connectivity index (χ3v) is 10.6. The minimum Gasteiger partial charge on any atom is -1.00 e. The molecular formula is C57H57ClOZr-2. The molecule has 0 N–H and O–H groups in total. The monoisotopic (exact) mass is 882 g/mol. The molecule has 9 rings (SSSR count). The Bertz CT molecular complexity index is 2700. The first-order chi connectivity index (χ1) is 28.0. The van der Waals surface area contributed by atoms with Crippen molar-refractivity contribution < 1.29 is 41.7 Å². The van der Waals surface area contributed by atoms with Gasteiger partial charge in [-0.2, -0.15) is 12.1 Å². The molecule has 0 fully saturated rings. The average Bonchev–Trinajstić information content (AvgIpc) is 3.78. The molecule has 0 saturated heterocycles. The summed E-state index contributed by atoms with van der Waals surface area (Å²) in [5.41, 5.74) is 10.1. The fourth-order valence-electron chi connectivity index (χ4n) is 7.74. The molecule has 0 aromatic heterocycles. The summed E-state index contributed by atoms with van der Waals surface area (Å²) in [4.78, 5) is 0. The Balaban J connectivity index is 0.000000164. The van der Waals surface area contributed by atoms with Crippen molar-refractivity contribution >= 4 is 46.3 Å². The first kappa shape index (κ1) is 46.2. The first-order valence-corrected chi connectivity index (χ1v) is 21.9. The maximum Gasteiger partial charge on any atom is -0.0114 e. The number of fused-ring (bicyclic) bond motifs is 4. The predicted octanol–water partition coefficient (Wildman–Crippen LogP) is 12.5. The van der Waals surface area contributed by atoms with Crippen molar-refractivity contribution in [1.82, 2.24) is 0 Å². The van der Waals surface area contributed by atoms with Crippen molar-refractivity contribution in [2.75, 3.05) is 0 Å². The number of aryl methyl sites for hydroxylation is 2. The summed E-state index contributed by atoms with van der Waals surface area (Å²) in [5.74, 6) is 0.149. The maximum atomic E-state index is 11.7. The second kappa shape index (κ2) is 19.7. The quantitative estimate of drug-likeness (QED) is 0.159. The minimum atomic E-state index is -0.0711. The molecule has 0 bridgehead atoms. The van der Waals surface area contributed by atoms with Crippen molar-refractivity contribution in [3.05, 3.63) is 186 Å². The number of hydrogen-bond donors (Lipinski definition) is 0. The molecule has 0 aliphatic heterocycles. The molecule has 60 heavy (non-hydrogen) atoms. The van der Waals surface area contributed by atoms with Gasteiger partial charge in [0.25, 0.3) is 0 Å². The van der Waals surface area contributed by atoms with E-state index in [0.29, 0.717) is 0 Å². The third-order valence-electron chi connectivity index (χ3n) is 10.6. The zero-order valence-electron chi connectivity index (χ0n) is 36.9. The van der Waals surface area contributed by atoms with Gasteiger partial charge in [-0.15, -0.1) is 74.8 Å². The van der Waals surface area contributed by atoms with Gasteiger partial charge in [-0.25, -0.2) is 0 Å². The van der Waals surface area contributed by atoms with Gasteiger partial charge < -0.3 is 17.5 Å². The summed E-state index contributed by atoms with van der Waals surface area (Å²) in [6.07, 6.45) is 0. The smallest absolute Gasteiger partial charge is 0.0114 e. The number of halogens is 1. The van der Waals surface area contributed by atoms with Crippen LogP contribution < -0.4 is 17.5 Å². The van der Waals surface area contributed by atoms with Crippen LogP contribution in [0, 0.1) is 13.8 Å². The van der Waals surface area contributed by atoms with E-state index in [1.165, 1.54) is 85.2 Å². The summed E-state index contributed by atoms with van der Waals surface area (Å²) in [6, 6.07) is 58.2. The van der Waals surface area contributed by atoms with E-state index in [0.717, 1.165) is 5.56 Å². The van der Waals surface area contributed by atoms with Gasteiger partial charge in [0, 0.05) is 0 Å². The van der Waals surface area contributed by atoms with E-state index in [9.17, 15) is 5.11 Å². The van der Waals surface area contributed by atoms with Crippen LogP contribution in [0.15, 0.2) is 164 Å². The van der Waals surface area contributed by atoms with Gasteiger partial charge >= 0.3 is 41.3 Å². The van der Waals surface area contributed by atoms with Gasteiger partial charge in [-0.05, 0) is 49.1 Å². The molecular weight excluding hydrogens is 827 g/mol. The topological polar surface area (TPSA) is 23.1 Å². The van der Waals surface area contributed by atoms with Gasteiger partial charge in [0.2, 0.25) is 0 Å². The van der Waals surface area contributed by atoms with E-state index in [2.05, 4.69) is 221 Å². The minimum absolute atomic E-state index is 0. The largest absolute Gasteiger partial charge is 1.00 e. The zero-order valence-corrected chi connectivity index (χ0v) is 40.1. The maximum absolute atomic E-state index is 11.7. The zero-order chi connectivity index (χ0) is 42.5. The standard InChI is InChI=1S/2C20H15.C14H22O.C3H6.ClH.Zr/c2*1-14-12-16-8-5-11-19(20(16)13-14)18-10-4-7-15-6-2-3-9-17(15)18;1-13(2,3)10-7-8-12(15)11(9-10)14(4,5)6;1-3-2;;/h2*2-13H,1H3;7-9,15H,1-6H3;1-2H3;1H;/q2*-1;;;;+2/p-2. The fourth-order valence-corrected chi connectivity index (χ4v) is 7.74. The van der Waals surface area contributed by atoms with E-state index >= 15 is 0 Å². The van der Waals surface area contributed by atoms with Gasteiger partial charge in [-0.1, -0.05) is 187 Å². The second-order valence-electron chi connectivity index (χ2n) is 17.9. The average molecular weight is 885 g/mol.